The Morgan fingerprint density at radius 2 is 2.04 bits per heavy atom. The van der Waals surface area contributed by atoms with Gasteiger partial charge < -0.3 is 15.0 Å². The van der Waals surface area contributed by atoms with Crippen LogP contribution in [-0.4, -0.2) is 47.4 Å². The largest absolute Gasteiger partial charge is 0.378 e. The summed E-state index contributed by atoms with van der Waals surface area (Å²) in [6, 6.07) is 11.9. The van der Waals surface area contributed by atoms with Crippen LogP contribution < -0.4 is 15.5 Å². The molecule has 1 aliphatic heterocycles. The predicted molar refractivity (Wildman–Crippen MR) is 109 cm³/mol. The molecule has 2 aromatic heterocycles. The summed E-state index contributed by atoms with van der Waals surface area (Å²) in [5, 5.41) is 14.0. The van der Waals surface area contributed by atoms with Gasteiger partial charge in [0.05, 0.1) is 18.8 Å². The molecule has 28 heavy (non-hydrogen) atoms. The van der Waals surface area contributed by atoms with Crippen LogP contribution in [0.3, 0.4) is 0 Å². The van der Waals surface area contributed by atoms with E-state index in [0.29, 0.717) is 23.1 Å². The van der Waals surface area contributed by atoms with Crippen LogP contribution in [0.1, 0.15) is 15.9 Å². The van der Waals surface area contributed by atoms with Crippen molar-refractivity contribution in [2.24, 2.45) is 0 Å². The highest BCUT2D eigenvalue weighted by Crippen LogP contribution is 2.22. The van der Waals surface area contributed by atoms with Crippen molar-refractivity contribution in [3.63, 3.8) is 0 Å². The molecular formula is C19H20N6O2S. The standard InChI is InChI=1S/C19H20N6O2S/c26-18(23-19-24-22-13-28-19)15-5-6-17(21-12-15)20-11-14-3-1-2-4-16(14)25-7-9-27-10-8-25/h1-6,12-13H,7-11H2,(H,20,21)(H,23,24,26). The van der Waals surface area contributed by atoms with E-state index >= 15 is 0 Å². The van der Waals surface area contributed by atoms with E-state index in [-0.39, 0.29) is 5.91 Å². The minimum atomic E-state index is -0.256. The second kappa shape index (κ2) is 8.77. The summed E-state index contributed by atoms with van der Waals surface area (Å²) in [7, 11) is 0. The Labute approximate surface area is 166 Å². The molecule has 2 N–H and O–H groups in total. The van der Waals surface area contributed by atoms with Crippen LogP contribution in [0.15, 0.2) is 48.1 Å². The Bertz CT molecular complexity index is 910. The molecule has 4 rings (SSSR count). The van der Waals surface area contributed by atoms with Crippen LogP contribution in [0.25, 0.3) is 0 Å². The monoisotopic (exact) mass is 396 g/mol. The molecule has 0 unspecified atom stereocenters. The number of carbonyl (C=O) groups excluding carboxylic acids is 1. The van der Waals surface area contributed by atoms with E-state index in [2.05, 4.69) is 48.9 Å². The maximum atomic E-state index is 12.2. The molecule has 8 nitrogen and oxygen atoms in total. The van der Waals surface area contributed by atoms with E-state index in [0.717, 1.165) is 26.3 Å². The maximum absolute atomic E-state index is 12.2. The molecule has 3 aromatic rings. The SMILES string of the molecule is O=C(Nc1nncs1)c1ccc(NCc2ccccc2N2CCOCC2)nc1. The van der Waals surface area contributed by atoms with Gasteiger partial charge >= 0.3 is 0 Å². The lowest BCUT2D eigenvalue weighted by Gasteiger charge is -2.30. The molecule has 1 saturated heterocycles. The van der Waals surface area contributed by atoms with E-state index in [1.54, 1.807) is 23.8 Å². The van der Waals surface area contributed by atoms with Crippen molar-refractivity contribution < 1.29 is 9.53 Å². The van der Waals surface area contributed by atoms with Crippen LogP contribution in [-0.2, 0) is 11.3 Å². The van der Waals surface area contributed by atoms with E-state index in [1.165, 1.54) is 22.6 Å². The predicted octanol–water partition coefficient (Wildman–Crippen LogP) is 2.63. The molecule has 0 atom stereocenters. The summed E-state index contributed by atoms with van der Waals surface area (Å²) in [5.74, 6) is 0.456. The van der Waals surface area contributed by atoms with Crippen molar-refractivity contribution in [2.45, 2.75) is 6.54 Å². The number of benzene rings is 1. The molecule has 3 heterocycles. The van der Waals surface area contributed by atoms with Gasteiger partial charge in [-0.2, -0.15) is 0 Å². The van der Waals surface area contributed by atoms with Gasteiger partial charge in [-0.15, -0.1) is 10.2 Å². The summed E-state index contributed by atoms with van der Waals surface area (Å²) < 4.78 is 5.45. The molecule has 144 valence electrons. The van der Waals surface area contributed by atoms with Crippen LogP contribution in [0, 0.1) is 0 Å². The number of pyridine rings is 1. The first-order valence-corrected chi connectivity index (χ1v) is 9.85. The van der Waals surface area contributed by atoms with Gasteiger partial charge in [-0.3, -0.25) is 10.1 Å². The van der Waals surface area contributed by atoms with E-state index in [1.807, 2.05) is 6.07 Å². The quantitative estimate of drug-likeness (QED) is 0.662. The van der Waals surface area contributed by atoms with Crippen LogP contribution in [0.2, 0.25) is 0 Å². The molecule has 0 spiro atoms. The number of anilines is 3. The van der Waals surface area contributed by atoms with E-state index < -0.39 is 0 Å². The minimum Gasteiger partial charge on any atom is -0.378 e. The Balaban J connectivity index is 1.38. The second-order valence-corrected chi connectivity index (χ2v) is 7.05. The highest BCUT2D eigenvalue weighted by atomic mass is 32.1. The first kappa shape index (κ1) is 18.3. The molecule has 0 saturated carbocycles. The number of carbonyl (C=O) groups is 1. The fraction of sp³-hybridized carbons (Fsp3) is 0.263. The molecular weight excluding hydrogens is 376 g/mol. The summed E-state index contributed by atoms with van der Waals surface area (Å²) in [4.78, 5) is 18.9. The minimum absolute atomic E-state index is 0.256. The molecule has 9 heteroatoms. The normalized spacial score (nSPS) is 13.9. The smallest absolute Gasteiger partial charge is 0.259 e. The number of hydrogen-bond acceptors (Lipinski definition) is 8. The number of rotatable bonds is 6. The zero-order valence-electron chi connectivity index (χ0n) is 15.2. The molecule has 1 aromatic carbocycles. The number of para-hydroxylation sites is 1. The third-order valence-electron chi connectivity index (χ3n) is 4.41. The Morgan fingerprint density at radius 1 is 1.18 bits per heavy atom. The number of aromatic nitrogens is 3. The maximum Gasteiger partial charge on any atom is 0.259 e. The van der Waals surface area contributed by atoms with Crippen molar-refractivity contribution >= 4 is 33.9 Å². The Morgan fingerprint density at radius 3 is 2.79 bits per heavy atom. The summed E-state index contributed by atoms with van der Waals surface area (Å²) in [6.45, 7) is 3.95. The topological polar surface area (TPSA) is 92.3 Å². The van der Waals surface area contributed by atoms with Gasteiger partial charge in [0, 0.05) is 31.5 Å². The van der Waals surface area contributed by atoms with Crippen LogP contribution in [0.4, 0.5) is 16.6 Å². The number of ether oxygens (including phenoxy) is 1. The number of nitrogens with zero attached hydrogens (tertiary/aromatic N) is 4. The summed E-state index contributed by atoms with van der Waals surface area (Å²) in [6.07, 6.45) is 1.55. The zero-order valence-corrected chi connectivity index (χ0v) is 16.0. The Hall–Kier alpha value is -3.04. The van der Waals surface area contributed by atoms with Gasteiger partial charge in [-0.05, 0) is 23.8 Å². The molecule has 1 fully saturated rings. The van der Waals surface area contributed by atoms with Gasteiger partial charge in [0.2, 0.25) is 5.13 Å². The number of amides is 1. The summed E-state index contributed by atoms with van der Waals surface area (Å²) in [5.41, 5.74) is 4.44. The average molecular weight is 396 g/mol. The van der Waals surface area contributed by atoms with Crippen LogP contribution >= 0.6 is 11.3 Å². The summed E-state index contributed by atoms with van der Waals surface area (Å²) >= 11 is 1.27. The lowest BCUT2D eigenvalue weighted by molar-refractivity contribution is 0.102. The fourth-order valence-corrected chi connectivity index (χ4v) is 3.43. The molecule has 1 aliphatic rings. The third kappa shape index (κ3) is 4.44. The third-order valence-corrected chi connectivity index (χ3v) is 5.02. The molecule has 0 bridgehead atoms. The first-order chi connectivity index (χ1) is 13.8. The van der Waals surface area contributed by atoms with Gasteiger partial charge in [-0.25, -0.2) is 4.98 Å². The number of morpholine rings is 1. The molecule has 0 radical (unpaired) electrons. The van der Waals surface area contributed by atoms with Crippen molar-refractivity contribution in [2.75, 3.05) is 41.8 Å². The number of hydrogen-bond donors (Lipinski definition) is 2. The fourth-order valence-electron chi connectivity index (χ4n) is 2.99. The Kier molecular flexibility index (Phi) is 5.74. The molecule has 0 aliphatic carbocycles. The highest BCUT2D eigenvalue weighted by molar-refractivity contribution is 7.13. The number of nitrogens with one attached hydrogen (secondary N) is 2. The van der Waals surface area contributed by atoms with Gasteiger partial charge in [0.15, 0.2) is 0 Å². The average Bonchev–Trinajstić information content (AvgIpc) is 3.26. The van der Waals surface area contributed by atoms with Crippen molar-refractivity contribution in [1.82, 2.24) is 15.2 Å². The highest BCUT2D eigenvalue weighted by Gasteiger charge is 2.14. The van der Waals surface area contributed by atoms with Crippen molar-refractivity contribution in [3.8, 4) is 0 Å². The first-order valence-electron chi connectivity index (χ1n) is 8.97. The zero-order chi connectivity index (χ0) is 19.2. The van der Waals surface area contributed by atoms with E-state index in [9.17, 15) is 4.79 Å². The van der Waals surface area contributed by atoms with Crippen molar-refractivity contribution in [3.05, 3.63) is 59.2 Å². The lowest BCUT2D eigenvalue weighted by atomic mass is 10.1. The van der Waals surface area contributed by atoms with Gasteiger partial charge in [0.25, 0.3) is 5.91 Å². The second-order valence-electron chi connectivity index (χ2n) is 6.21. The van der Waals surface area contributed by atoms with Crippen molar-refractivity contribution in [1.29, 1.82) is 0 Å². The van der Waals surface area contributed by atoms with Crippen LogP contribution in [0.5, 0.6) is 0 Å². The van der Waals surface area contributed by atoms with E-state index in [4.69, 9.17) is 4.74 Å². The van der Waals surface area contributed by atoms with Gasteiger partial charge in [-0.1, -0.05) is 29.5 Å². The molecule has 1 amide bonds. The lowest BCUT2D eigenvalue weighted by Crippen LogP contribution is -2.36. The van der Waals surface area contributed by atoms with Gasteiger partial charge in [0.1, 0.15) is 11.3 Å².